The van der Waals surface area contributed by atoms with Crippen LogP contribution in [0.5, 0.6) is 0 Å². The summed E-state index contributed by atoms with van der Waals surface area (Å²) in [6.45, 7) is 6.48. The first-order valence-electron chi connectivity index (χ1n) is 10.9. The van der Waals surface area contributed by atoms with E-state index >= 15 is 0 Å². The highest BCUT2D eigenvalue weighted by molar-refractivity contribution is 8.14. The number of unbranched alkanes of at least 4 members (excludes halogenated alkanes) is 1. The predicted octanol–water partition coefficient (Wildman–Crippen LogP) is 5.08. The summed E-state index contributed by atoms with van der Waals surface area (Å²) >= 11 is 3.76. The predicted molar refractivity (Wildman–Crippen MR) is 130 cm³/mol. The average Bonchev–Trinajstić information content (AvgIpc) is 3.26. The molecule has 0 saturated carbocycles. The molecule has 1 saturated heterocycles. The van der Waals surface area contributed by atoms with Crippen LogP contribution in [-0.2, 0) is 0 Å². The Labute approximate surface area is 193 Å². The number of benzene rings is 2. The van der Waals surface area contributed by atoms with Gasteiger partial charge in [-0.15, -0.1) is 0 Å². The summed E-state index contributed by atoms with van der Waals surface area (Å²) in [4.78, 5) is 16.9. The number of aromatic nitrogens is 2. The summed E-state index contributed by atoms with van der Waals surface area (Å²) in [7, 11) is 0. The minimum atomic E-state index is 0.849. The highest BCUT2D eigenvalue weighted by Gasteiger charge is 2.21. The Bertz CT molecular complexity index is 950. The van der Waals surface area contributed by atoms with Gasteiger partial charge in [-0.1, -0.05) is 42.5 Å². The van der Waals surface area contributed by atoms with Crippen molar-refractivity contribution in [3.8, 4) is 11.1 Å². The molecule has 3 aromatic rings. The lowest BCUT2D eigenvalue weighted by atomic mass is 10.1. The van der Waals surface area contributed by atoms with Gasteiger partial charge in [-0.05, 0) is 61.0 Å². The molecular formula is C24H27N5S2. The van der Waals surface area contributed by atoms with Crippen LogP contribution in [0, 0.1) is 0 Å². The van der Waals surface area contributed by atoms with Gasteiger partial charge in [0.1, 0.15) is 0 Å². The number of hydrogen-bond acceptors (Lipinski definition) is 7. The first-order chi connectivity index (χ1) is 15.3. The molecule has 5 nitrogen and oxygen atoms in total. The molecule has 0 aliphatic carbocycles. The maximum Gasteiger partial charge on any atom is 0.225 e. The molecule has 0 radical (unpaired) electrons. The SMILES string of the molecule is c1ccc(-c2cnc(N3CCN(CCCCN4Sc5ccccc5S4)CC3)nc2)cc1. The summed E-state index contributed by atoms with van der Waals surface area (Å²) in [6.07, 6.45) is 6.36. The summed E-state index contributed by atoms with van der Waals surface area (Å²) in [5, 5.41) is 0. The molecule has 5 rings (SSSR count). The van der Waals surface area contributed by atoms with Crippen molar-refractivity contribution in [2.75, 3.05) is 44.2 Å². The van der Waals surface area contributed by atoms with Crippen LogP contribution in [0.15, 0.2) is 76.8 Å². The topological polar surface area (TPSA) is 35.5 Å². The third kappa shape index (κ3) is 5.23. The summed E-state index contributed by atoms with van der Waals surface area (Å²) in [5.41, 5.74) is 2.23. The van der Waals surface area contributed by atoms with Gasteiger partial charge in [0.05, 0.1) is 0 Å². The molecule has 0 unspecified atom stereocenters. The van der Waals surface area contributed by atoms with E-state index in [1.54, 1.807) is 0 Å². The Hall–Kier alpha value is -2.06. The van der Waals surface area contributed by atoms with Crippen molar-refractivity contribution in [3.05, 3.63) is 67.0 Å². The van der Waals surface area contributed by atoms with Crippen molar-refractivity contribution in [2.24, 2.45) is 0 Å². The summed E-state index contributed by atoms with van der Waals surface area (Å²) < 4.78 is 2.42. The van der Waals surface area contributed by atoms with Crippen molar-refractivity contribution >= 4 is 29.8 Å². The highest BCUT2D eigenvalue weighted by Crippen LogP contribution is 2.46. The highest BCUT2D eigenvalue weighted by atomic mass is 32.2. The van der Waals surface area contributed by atoms with Crippen molar-refractivity contribution < 1.29 is 0 Å². The fourth-order valence-electron chi connectivity index (χ4n) is 3.94. The van der Waals surface area contributed by atoms with Crippen LogP contribution in [0.2, 0.25) is 0 Å². The maximum atomic E-state index is 4.63. The van der Waals surface area contributed by atoms with E-state index in [-0.39, 0.29) is 0 Å². The lowest BCUT2D eigenvalue weighted by Gasteiger charge is -2.34. The van der Waals surface area contributed by atoms with Gasteiger partial charge in [-0.25, -0.2) is 9.97 Å². The minimum Gasteiger partial charge on any atom is -0.338 e. The van der Waals surface area contributed by atoms with Gasteiger partial charge < -0.3 is 4.90 Å². The Morgan fingerprint density at radius 2 is 1.29 bits per heavy atom. The van der Waals surface area contributed by atoms with Crippen molar-refractivity contribution in [2.45, 2.75) is 22.6 Å². The quantitative estimate of drug-likeness (QED) is 0.368. The van der Waals surface area contributed by atoms with Crippen LogP contribution < -0.4 is 4.90 Å². The van der Waals surface area contributed by atoms with Crippen molar-refractivity contribution in [3.63, 3.8) is 0 Å². The first-order valence-corrected chi connectivity index (χ1v) is 12.5. The van der Waals surface area contributed by atoms with Crippen LogP contribution >= 0.6 is 23.9 Å². The molecule has 2 aliphatic heterocycles. The van der Waals surface area contributed by atoms with Crippen LogP contribution in [0.3, 0.4) is 0 Å². The zero-order chi connectivity index (χ0) is 20.9. The van der Waals surface area contributed by atoms with E-state index in [4.69, 9.17) is 0 Å². The number of anilines is 1. The molecule has 0 atom stereocenters. The van der Waals surface area contributed by atoms with Gasteiger partial charge in [0.25, 0.3) is 0 Å². The molecule has 1 aromatic heterocycles. The van der Waals surface area contributed by atoms with Crippen LogP contribution in [-0.4, -0.2) is 57.8 Å². The largest absolute Gasteiger partial charge is 0.338 e. The molecule has 2 aromatic carbocycles. The maximum absolute atomic E-state index is 4.63. The van der Waals surface area contributed by atoms with Gasteiger partial charge in [0.15, 0.2) is 0 Å². The Balaban J connectivity index is 1.02. The normalized spacial score (nSPS) is 17.1. The molecule has 0 amide bonds. The number of fused-ring (bicyclic) bond motifs is 1. The minimum absolute atomic E-state index is 0.849. The fourth-order valence-corrected chi connectivity index (χ4v) is 6.27. The third-order valence-electron chi connectivity index (χ3n) is 5.71. The van der Waals surface area contributed by atoms with E-state index in [9.17, 15) is 0 Å². The smallest absolute Gasteiger partial charge is 0.225 e. The second-order valence-corrected chi connectivity index (χ2v) is 10.2. The Morgan fingerprint density at radius 3 is 1.97 bits per heavy atom. The van der Waals surface area contributed by atoms with Crippen LogP contribution in [0.1, 0.15) is 12.8 Å². The zero-order valence-corrected chi connectivity index (χ0v) is 19.2. The summed E-state index contributed by atoms with van der Waals surface area (Å²) in [5.74, 6) is 0.849. The lowest BCUT2D eigenvalue weighted by molar-refractivity contribution is 0.251. The van der Waals surface area contributed by atoms with Crippen molar-refractivity contribution in [1.29, 1.82) is 0 Å². The number of piperazine rings is 1. The second-order valence-electron chi connectivity index (χ2n) is 7.86. The molecule has 0 spiro atoms. The number of nitrogens with zero attached hydrogens (tertiary/aromatic N) is 5. The van der Waals surface area contributed by atoms with E-state index in [1.807, 2.05) is 54.5 Å². The molecule has 160 valence electrons. The molecule has 7 heteroatoms. The number of rotatable bonds is 7. The standard InChI is InChI=1S/C24H27N5S2/c1-2-8-20(9-3-1)21-18-25-24(26-19-21)28-16-14-27(15-17-28)12-6-7-13-29-30-22-10-4-5-11-23(22)31-29/h1-5,8-11,18-19H,6-7,12-17H2. The van der Waals surface area contributed by atoms with Crippen LogP contribution in [0.4, 0.5) is 5.95 Å². The molecule has 1 fully saturated rings. The molecule has 31 heavy (non-hydrogen) atoms. The monoisotopic (exact) mass is 449 g/mol. The Kier molecular flexibility index (Phi) is 6.74. The van der Waals surface area contributed by atoms with Gasteiger partial charge in [-0.3, -0.25) is 4.90 Å². The van der Waals surface area contributed by atoms with Crippen LogP contribution in [0.25, 0.3) is 11.1 Å². The third-order valence-corrected chi connectivity index (χ3v) is 8.17. The molecule has 0 N–H and O–H groups in total. The van der Waals surface area contributed by atoms with Crippen molar-refractivity contribution in [1.82, 2.24) is 18.6 Å². The van der Waals surface area contributed by atoms with Gasteiger partial charge >= 0.3 is 0 Å². The zero-order valence-electron chi connectivity index (χ0n) is 17.6. The molecule has 2 aliphatic rings. The van der Waals surface area contributed by atoms with E-state index in [2.05, 4.69) is 59.9 Å². The van der Waals surface area contributed by atoms with Gasteiger partial charge in [0, 0.05) is 60.5 Å². The van der Waals surface area contributed by atoms with Gasteiger partial charge in [0.2, 0.25) is 5.95 Å². The number of hydrogen-bond donors (Lipinski definition) is 0. The lowest BCUT2D eigenvalue weighted by Crippen LogP contribution is -2.47. The molecular weight excluding hydrogens is 422 g/mol. The van der Waals surface area contributed by atoms with Gasteiger partial charge in [-0.2, -0.15) is 3.71 Å². The van der Waals surface area contributed by atoms with E-state index in [0.717, 1.165) is 49.8 Å². The van der Waals surface area contributed by atoms with E-state index in [0.29, 0.717) is 0 Å². The Morgan fingerprint density at radius 1 is 0.677 bits per heavy atom. The average molecular weight is 450 g/mol. The van der Waals surface area contributed by atoms with E-state index < -0.39 is 0 Å². The van der Waals surface area contributed by atoms with E-state index in [1.165, 1.54) is 29.2 Å². The molecule has 3 heterocycles. The molecule has 0 bridgehead atoms. The second kappa shape index (κ2) is 10.0. The summed E-state index contributed by atoms with van der Waals surface area (Å²) in [6, 6.07) is 19.0. The fraction of sp³-hybridized carbons (Fsp3) is 0.333. The first kappa shape index (κ1) is 20.8.